The summed E-state index contributed by atoms with van der Waals surface area (Å²) in [7, 11) is 0. The number of likely N-dealkylation sites (tertiary alicyclic amines) is 2. The Bertz CT molecular complexity index is 223. The van der Waals surface area contributed by atoms with Gasteiger partial charge in [0.15, 0.2) is 0 Å². The summed E-state index contributed by atoms with van der Waals surface area (Å²) in [6.07, 6.45) is 6.17. The van der Waals surface area contributed by atoms with Crippen molar-refractivity contribution < 1.29 is 5.11 Å². The number of aliphatic hydroxyl groups excluding tert-OH is 1. The number of aliphatic hydroxyl groups is 1. The summed E-state index contributed by atoms with van der Waals surface area (Å²) in [6, 6.07) is 0.144. The molecule has 4 heteroatoms. The Morgan fingerprint density at radius 2 is 1.72 bits per heavy atom. The van der Waals surface area contributed by atoms with Crippen LogP contribution >= 0.6 is 0 Å². The van der Waals surface area contributed by atoms with E-state index in [9.17, 15) is 0 Å². The van der Waals surface area contributed by atoms with E-state index in [0.717, 1.165) is 18.9 Å². The van der Waals surface area contributed by atoms with Gasteiger partial charge in [-0.15, -0.1) is 0 Å². The maximum atomic E-state index is 8.86. The largest absolute Gasteiger partial charge is 0.396 e. The predicted molar refractivity (Wildman–Crippen MR) is 74.5 cm³/mol. The lowest BCUT2D eigenvalue weighted by molar-refractivity contribution is 0.143. The fourth-order valence-electron chi connectivity index (χ4n) is 3.27. The highest BCUT2D eigenvalue weighted by molar-refractivity contribution is 4.79. The van der Waals surface area contributed by atoms with Crippen LogP contribution in [0.25, 0.3) is 0 Å². The van der Waals surface area contributed by atoms with E-state index >= 15 is 0 Å². The molecule has 2 aliphatic heterocycles. The second-order valence-corrected chi connectivity index (χ2v) is 6.02. The normalized spacial score (nSPS) is 25.7. The number of rotatable bonds is 6. The molecule has 0 radical (unpaired) electrons. The van der Waals surface area contributed by atoms with E-state index < -0.39 is 0 Å². The second kappa shape index (κ2) is 7.43. The van der Waals surface area contributed by atoms with Crippen LogP contribution in [-0.4, -0.2) is 66.8 Å². The molecule has 18 heavy (non-hydrogen) atoms. The number of nitrogens with two attached hydrogens (primary N) is 1. The summed E-state index contributed by atoms with van der Waals surface area (Å²) in [5, 5.41) is 8.86. The Hall–Kier alpha value is -0.160. The molecule has 2 rings (SSSR count). The summed E-state index contributed by atoms with van der Waals surface area (Å²) in [5.74, 6) is 0.897. The standard InChI is InChI=1S/C14H29N3O/c15-14(5-10-18)12-17-8-3-13(4-9-17)11-16-6-1-2-7-16/h13-14,18H,1-12,15H2. The van der Waals surface area contributed by atoms with E-state index in [4.69, 9.17) is 10.8 Å². The van der Waals surface area contributed by atoms with Crippen molar-refractivity contribution in [3.05, 3.63) is 0 Å². The molecule has 0 amide bonds. The summed E-state index contributed by atoms with van der Waals surface area (Å²) >= 11 is 0. The van der Waals surface area contributed by atoms with Gasteiger partial charge in [0.1, 0.15) is 0 Å². The molecule has 2 saturated heterocycles. The smallest absolute Gasteiger partial charge is 0.0446 e. The van der Waals surface area contributed by atoms with Crippen molar-refractivity contribution in [1.82, 2.24) is 9.80 Å². The highest BCUT2D eigenvalue weighted by Gasteiger charge is 2.23. The van der Waals surface area contributed by atoms with E-state index in [0.29, 0.717) is 0 Å². The van der Waals surface area contributed by atoms with Gasteiger partial charge in [-0.3, -0.25) is 0 Å². The van der Waals surface area contributed by atoms with Crippen LogP contribution in [0, 0.1) is 5.92 Å². The van der Waals surface area contributed by atoms with Crippen LogP contribution < -0.4 is 5.73 Å². The van der Waals surface area contributed by atoms with Crippen molar-refractivity contribution in [2.75, 3.05) is 45.9 Å². The van der Waals surface area contributed by atoms with Gasteiger partial charge in [-0.1, -0.05) is 0 Å². The summed E-state index contributed by atoms with van der Waals surface area (Å²) < 4.78 is 0. The Morgan fingerprint density at radius 3 is 2.33 bits per heavy atom. The SMILES string of the molecule is NC(CCO)CN1CCC(CN2CCCC2)CC1. The molecule has 0 aliphatic carbocycles. The molecule has 0 aromatic rings. The molecular weight excluding hydrogens is 226 g/mol. The lowest BCUT2D eigenvalue weighted by Crippen LogP contribution is -2.43. The van der Waals surface area contributed by atoms with Crippen LogP contribution in [0.3, 0.4) is 0 Å². The second-order valence-electron chi connectivity index (χ2n) is 6.02. The molecule has 3 N–H and O–H groups in total. The molecular formula is C14H29N3O. The van der Waals surface area contributed by atoms with E-state index in [2.05, 4.69) is 9.80 Å². The molecule has 4 nitrogen and oxygen atoms in total. The van der Waals surface area contributed by atoms with Crippen LogP contribution in [-0.2, 0) is 0 Å². The van der Waals surface area contributed by atoms with Gasteiger partial charge in [-0.05, 0) is 64.2 Å². The van der Waals surface area contributed by atoms with Crippen molar-refractivity contribution in [3.8, 4) is 0 Å². The number of piperidine rings is 1. The minimum absolute atomic E-state index is 0.144. The maximum Gasteiger partial charge on any atom is 0.0446 e. The van der Waals surface area contributed by atoms with E-state index in [-0.39, 0.29) is 12.6 Å². The van der Waals surface area contributed by atoms with Crippen LogP contribution in [0.2, 0.25) is 0 Å². The molecule has 2 heterocycles. The summed E-state index contributed by atoms with van der Waals surface area (Å²) in [4.78, 5) is 5.11. The lowest BCUT2D eigenvalue weighted by atomic mass is 9.96. The fourth-order valence-corrected chi connectivity index (χ4v) is 3.27. The van der Waals surface area contributed by atoms with Crippen molar-refractivity contribution in [2.24, 2.45) is 11.7 Å². The molecule has 0 aromatic carbocycles. The van der Waals surface area contributed by atoms with Crippen molar-refractivity contribution in [3.63, 3.8) is 0 Å². The monoisotopic (exact) mass is 255 g/mol. The Balaban J connectivity index is 1.61. The molecule has 0 aromatic heterocycles. The van der Waals surface area contributed by atoms with Crippen LogP contribution in [0.4, 0.5) is 0 Å². The number of hydrogen-bond acceptors (Lipinski definition) is 4. The van der Waals surface area contributed by atoms with E-state index in [1.54, 1.807) is 0 Å². The molecule has 0 spiro atoms. The molecule has 2 fully saturated rings. The van der Waals surface area contributed by atoms with Crippen molar-refractivity contribution in [2.45, 2.75) is 38.1 Å². The van der Waals surface area contributed by atoms with Gasteiger partial charge in [0.25, 0.3) is 0 Å². The minimum Gasteiger partial charge on any atom is -0.396 e. The van der Waals surface area contributed by atoms with Crippen LogP contribution in [0.1, 0.15) is 32.1 Å². The zero-order valence-corrected chi connectivity index (χ0v) is 11.6. The summed E-state index contributed by atoms with van der Waals surface area (Å²) in [5.41, 5.74) is 5.97. The third-order valence-electron chi connectivity index (χ3n) is 4.41. The first-order valence-electron chi connectivity index (χ1n) is 7.59. The average Bonchev–Trinajstić information content (AvgIpc) is 2.85. The van der Waals surface area contributed by atoms with Gasteiger partial charge in [0.2, 0.25) is 0 Å². The Morgan fingerprint density at radius 1 is 1.06 bits per heavy atom. The zero-order valence-electron chi connectivity index (χ0n) is 11.6. The first-order valence-corrected chi connectivity index (χ1v) is 7.59. The quantitative estimate of drug-likeness (QED) is 0.726. The van der Waals surface area contributed by atoms with Gasteiger partial charge in [0, 0.05) is 25.7 Å². The third-order valence-corrected chi connectivity index (χ3v) is 4.41. The Kier molecular flexibility index (Phi) is 5.89. The lowest BCUT2D eigenvalue weighted by Gasteiger charge is -2.35. The average molecular weight is 255 g/mol. The fraction of sp³-hybridized carbons (Fsp3) is 1.00. The predicted octanol–water partition coefficient (Wildman–Crippen LogP) is 0.504. The molecule has 2 aliphatic rings. The van der Waals surface area contributed by atoms with Gasteiger partial charge in [-0.2, -0.15) is 0 Å². The number of nitrogens with zero attached hydrogens (tertiary/aromatic N) is 2. The first-order chi connectivity index (χ1) is 8.78. The van der Waals surface area contributed by atoms with Crippen molar-refractivity contribution in [1.29, 1.82) is 0 Å². The van der Waals surface area contributed by atoms with E-state index in [1.165, 1.54) is 58.4 Å². The highest BCUT2D eigenvalue weighted by atomic mass is 16.3. The van der Waals surface area contributed by atoms with Gasteiger partial charge in [0.05, 0.1) is 0 Å². The van der Waals surface area contributed by atoms with Crippen LogP contribution in [0.5, 0.6) is 0 Å². The van der Waals surface area contributed by atoms with Gasteiger partial charge >= 0.3 is 0 Å². The first kappa shape index (κ1) is 14.3. The topological polar surface area (TPSA) is 52.7 Å². The van der Waals surface area contributed by atoms with Crippen LogP contribution in [0.15, 0.2) is 0 Å². The number of hydrogen-bond donors (Lipinski definition) is 2. The molecule has 0 saturated carbocycles. The molecule has 1 unspecified atom stereocenters. The van der Waals surface area contributed by atoms with Crippen molar-refractivity contribution >= 4 is 0 Å². The van der Waals surface area contributed by atoms with E-state index in [1.807, 2.05) is 0 Å². The Labute approximate surface area is 111 Å². The third kappa shape index (κ3) is 4.50. The van der Waals surface area contributed by atoms with Gasteiger partial charge < -0.3 is 20.6 Å². The van der Waals surface area contributed by atoms with Gasteiger partial charge in [-0.25, -0.2) is 0 Å². The highest BCUT2D eigenvalue weighted by Crippen LogP contribution is 2.20. The summed E-state index contributed by atoms with van der Waals surface area (Å²) in [6.45, 7) is 7.51. The minimum atomic E-state index is 0.144. The molecule has 0 bridgehead atoms. The maximum absolute atomic E-state index is 8.86. The molecule has 1 atom stereocenters. The molecule has 106 valence electrons. The zero-order chi connectivity index (χ0) is 12.8.